The summed E-state index contributed by atoms with van der Waals surface area (Å²) < 4.78 is 13.5. The number of anilines is 1. The molecule has 0 unspecified atom stereocenters. The molecule has 3 heterocycles. The minimum Gasteiger partial charge on any atom is -0.366 e. The number of halogens is 1. The van der Waals surface area contributed by atoms with Gasteiger partial charge in [0, 0.05) is 43.5 Å². The number of amides is 3. The second-order valence-corrected chi connectivity index (χ2v) is 9.96. The van der Waals surface area contributed by atoms with Crippen LogP contribution in [0, 0.1) is 5.41 Å². The Morgan fingerprint density at radius 3 is 2.34 bits per heavy atom. The number of carbonyl (C=O) groups is 3. The van der Waals surface area contributed by atoms with Crippen molar-refractivity contribution >= 4 is 23.4 Å². The van der Waals surface area contributed by atoms with Crippen LogP contribution < -0.4 is 10.6 Å². The topological polar surface area (TPSA) is 87.0 Å². The van der Waals surface area contributed by atoms with E-state index in [0.717, 1.165) is 57.4 Å². The van der Waals surface area contributed by atoms with E-state index >= 15 is 0 Å². The monoisotopic (exact) mass is 442 g/mol. The number of fused-ring (bicyclic) bond motifs is 1. The van der Waals surface area contributed by atoms with E-state index in [-0.39, 0.29) is 35.4 Å². The minimum atomic E-state index is -0.800. The van der Waals surface area contributed by atoms with Crippen molar-refractivity contribution in [3.05, 3.63) is 28.8 Å². The minimum absolute atomic E-state index is 0.0201. The van der Waals surface area contributed by atoms with Gasteiger partial charge < -0.3 is 15.5 Å². The lowest BCUT2D eigenvalue weighted by Gasteiger charge is -2.38. The third-order valence-corrected chi connectivity index (χ3v) is 8.00. The third-order valence-electron chi connectivity index (χ3n) is 8.00. The Kier molecular flexibility index (Phi) is 5.43. The highest BCUT2D eigenvalue weighted by Gasteiger charge is 2.45. The molecule has 8 heteroatoms. The van der Waals surface area contributed by atoms with Gasteiger partial charge in [0.2, 0.25) is 17.7 Å². The summed E-state index contributed by atoms with van der Waals surface area (Å²) in [5, 5.41) is 0. The van der Waals surface area contributed by atoms with Gasteiger partial charge in [-0.25, -0.2) is 4.39 Å². The summed E-state index contributed by atoms with van der Waals surface area (Å²) in [6.07, 6.45) is 6.70. The molecule has 1 aromatic carbocycles. The summed E-state index contributed by atoms with van der Waals surface area (Å²) in [5.74, 6) is -0.485. The Hall–Kier alpha value is -2.48. The molecule has 0 radical (unpaired) electrons. The van der Waals surface area contributed by atoms with Crippen LogP contribution in [0.3, 0.4) is 0 Å². The highest BCUT2D eigenvalue weighted by molar-refractivity contribution is 6.04. The Labute approximate surface area is 187 Å². The van der Waals surface area contributed by atoms with Crippen molar-refractivity contribution in [1.29, 1.82) is 0 Å². The number of hydrogen-bond acceptors (Lipinski definition) is 4. The highest BCUT2D eigenvalue weighted by Crippen LogP contribution is 2.53. The second-order valence-electron chi connectivity index (χ2n) is 9.96. The van der Waals surface area contributed by atoms with Crippen LogP contribution in [-0.2, 0) is 22.7 Å². The molecule has 172 valence electrons. The molecule has 3 amide bonds. The van der Waals surface area contributed by atoms with Crippen LogP contribution in [0.25, 0.3) is 0 Å². The van der Waals surface area contributed by atoms with Crippen LogP contribution in [0.15, 0.2) is 12.1 Å². The quantitative estimate of drug-likeness (QED) is 0.756. The molecule has 4 aliphatic rings. The Morgan fingerprint density at radius 2 is 1.75 bits per heavy atom. The van der Waals surface area contributed by atoms with Gasteiger partial charge in [-0.2, -0.15) is 0 Å². The summed E-state index contributed by atoms with van der Waals surface area (Å²) in [6, 6.07) is 3.20. The maximum absolute atomic E-state index is 13.5. The van der Waals surface area contributed by atoms with Crippen molar-refractivity contribution in [2.24, 2.45) is 11.1 Å². The zero-order valence-corrected chi connectivity index (χ0v) is 18.4. The molecule has 1 aromatic rings. The van der Waals surface area contributed by atoms with Crippen LogP contribution in [0.1, 0.15) is 60.0 Å². The molecule has 0 aromatic heterocycles. The predicted molar refractivity (Wildman–Crippen MR) is 118 cm³/mol. The summed E-state index contributed by atoms with van der Waals surface area (Å²) in [7, 11) is 0. The number of nitrogens with two attached hydrogens (primary N) is 1. The molecule has 3 aliphatic heterocycles. The van der Waals surface area contributed by atoms with E-state index < -0.39 is 12.6 Å². The fourth-order valence-electron chi connectivity index (χ4n) is 5.70. The molecule has 1 aliphatic carbocycles. The molecule has 1 spiro atoms. The van der Waals surface area contributed by atoms with Gasteiger partial charge in [0.1, 0.15) is 6.67 Å². The molecule has 0 atom stereocenters. The lowest BCUT2D eigenvalue weighted by molar-refractivity contribution is -0.134. The van der Waals surface area contributed by atoms with E-state index in [1.54, 1.807) is 17.0 Å². The zero-order chi connectivity index (χ0) is 22.5. The van der Waals surface area contributed by atoms with E-state index in [2.05, 4.69) is 4.90 Å². The first-order chi connectivity index (χ1) is 15.4. The number of likely N-dealkylation sites (tertiary alicyclic amines) is 2. The third kappa shape index (κ3) is 3.89. The van der Waals surface area contributed by atoms with E-state index in [1.165, 1.54) is 12.8 Å². The first-order valence-electron chi connectivity index (χ1n) is 11.7. The summed E-state index contributed by atoms with van der Waals surface area (Å²) in [5.41, 5.74) is 7.76. The first kappa shape index (κ1) is 21.4. The number of carbonyl (C=O) groups excluding carboxylic acids is 3. The molecule has 7 nitrogen and oxygen atoms in total. The molecule has 32 heavy (non-hydrogen) atoms. The standard InChI is InChI=1S/C24H31FN4O3/c25-14-17-12-20-16(11-19(17)23(26)32)13-21(30)29(20)18-1-7-27(8-2-18)15-22(31)28-9-5-24(3-4-24)6-10-28/h11-12,18H,1-10,13-15H2,(H2,26,32). The van der Waals surface area contributed by atoms with Gasteiger partial charge in [0.05, 0.1) is 13.0 Å². The number of hydrogen-bond donors (Lipinski definition) is 1. The molecular weight excluding hydrogens is 411 g/mol. The summed E-state index contributed by atoms with van der Waals surface area (Å²) >= 11 is 0. The number of alkyl halides is 1. The molecule has 3 fully saturated rings. The van der Waals surface area contributed by atoms with Crippen LogP contribution in [-0.4, -0.2) is 66.3 Å². The largest absolute Gasteiger partial charge is 0.366 e. The number of rotatable bonds is 5. The summed E-state index contributed by atoms with van der Waals surface area (Å²) in [4.78, 5) is 43.2. The smallest absolute Gasteiger partial charge is 0.249 e. The SMILES string of the molecule is NC(=O)c1cc2c(cc1CF)N(C1CCN(CC(=O)N3CCC4(CC3)CC4)CC1)C(=O)C2. The average Bonchev–Trinajstić information content (AvgIpc) is 3.45. The van der Waals surface area contributed by atoms with Gasteiger partial charge in [-0.3, -0.25) is 19.3 Å². The molecular formula is C24H31FN4O3. The molecule has 5 rings (SSSR count). The van der Waals surface area contributed by atoms with Crippen molar-refractivity contribution in [2.75, 3.05) is 37.6 Å². The van der Waals surface area contributed by atoms with Gasteiger partial charge in [-0.05, 0) is 67.2 Å². The van der Waals surface area contributed by atoms with E-state index in [4.69, 9.17) is 5.73 Å². The number of piperidine rings is 2. The van der Waals surface area contributed by atoms with Crippen molar-refractivity contribution in [2.45, 2.75) is 57.7 Å². The van der Waals surface area contributed by atoms with Crippen molar-refractivity contribution in [3.8, 4) is 0 Å². The van der Waals surface area contributed by atoms with Crippen molar-refractivity contribution < 1.29 is 18.8 Å². The zero-order valence-electron chi connectivity index (χ0n) is 18.4. The number of primary amides is 1. The maximum atomic E-state index is 13.5. The Balaban J connectivity index is 1.20. The lowest BCUT2D eigenvalue weighted by Crippen LogP contribution is -2.50. The van der Waals surface area contributed by atoms with E-state index in [9.17, 15) is 18.8 Å². The van der Waals surface area contributed by atoms with Gasteiger partial charge in [-0.15, -0.1) is 0 Å². The Bertz CT molecular complexity index is 943. The first-order valence-corrected chi connectivity index (χ1v) is 11.7. The van der Waals surface area contributed by atoms with Gasteiger partial charge in [0.25, 0.3) is 0 Å². The maximum Gasteiger partial charge on any atom is 0.249 e. The molecule has 2 N–H and O–H groups in total. The van der Waals surface area contributed by atoms with Crippen LogP contribution in [0.2, 0.25) is 0 Å². The van der Waals surface area contributed by atoms with Crippen LogP contribution >= 0.6 is 0 Å². The van der Waals surface area contributed by atoms with Gasteiger partial charge in [0.15, 0.2) is 0 Å². The van der Waals surface area contributed by atoms with Crippen LogP contribution in [0.4, 0.5) is 10.1 Å². The molecule has 0 bridgehead atoms. The van der Waals surface area contributed by atoms with Crippen molar-refractivity contribution in [3.63, 3.8) is 0 Å². The van der Waals surface area contributed by atoms with Gasteiger partial charge >= 0.3 is 0 Å². The normalized spacial score (nSPS) is 23.0. The fraction of sp³-hybridized carbons (Fsp3) is 0.625. The van der Waals surface area contributed by atoms with Gasteiger partial charge in [-0.1, -0.05) is 0 Å². The molecule has 2 saturated heterocycles. The van der Waals surface area contributed by atoms with Crippen molar-refractivity contribution in [1.82, 2.24) is 9.80 Å². The average molecular weight is 443 g/mol. The summed E-state index contributed by atoms with van der Waals surface area (Å²) in [6.45, 7) is 2.92. The molecule has 1 saturated carbocycles. The number of nitrogens with zero attached hydrogens (tertiary/aromatic N) is 3. The van der Waals surface area contributed by atoms with E-state index in [0.29, 0.717) is 17.6 Å². The Morgan fingerprint density at radius 1 is 1.06 bits per heavy atom. The van der Waals surface area contributed by atoms with E-state index in [1.807, 2.05) is 4.90 Å². The van der Waals surface area contributed by atoms with Crippen LogP contribution in [0.5, 0.6) is 0 Å². The lowest BCUT2D eigenvalue weighted by atomic mass is 9.93. The predicted octanol–water partition coefficient (Wildman–Crippen LogP) is 2.01. The highest BCUT2D eigenvalue weighted by atomic mass is 19.1. The second kappa shape index (κ2) is 8.14. The fourth-order valence-corrected chi connectivity index (χ4v) is 5.70. The number of benzene rings is 1.